The van der Waals surface area contributed by atoms with E-state index in [2.05, 4.69) is 54.9 Å². The molecule has 156 valence electrons. The van der Waals surface area contributed by atoms with Gasteiger partial charge in [-0.1, -0.05) is 47.7 Å². The van der Waals surface area contributed by atoms with E-state index in [-0.39, 0.29) is 0 Å². The number of allylic oxidation sites excluding steroid dienone is 4. The largest absolute Gasteiger partial charge is 0.477 e. The van der Waals surface area contributed by atoms with Crippen molar-refractivity contribution in [3.63, 3.8) is 0 Å². The van der Waals surface area contributed by atoms with Crippen LogP contribution in [0.3, 0.4) is 0 Å². The van der Waals surface area contributed by atoms with Crippen LogP contribution in [0.4, 0.5) is 0 Å². The Labute approximate surface area is 182 Å². The summed E-state index contributed by atoms with van der Waals surface area (Å²) in [6, 6.07) is 2.04. The smallest absolute Gasteiger partial charge is 0.222 e. The highest BCUT2D eigenvalue weighted by Crippen LogP contribution is 2.36. The summed E-state index contributed by atoms with van der Waals surface area (Å²) in [6.07, 6.45) is 7.90. The molecule has 29 heavy (non-hydrogen) atoms. The maximum absolute atomic E-state index is 5.85. The van der Waals surface area contributed by atoms with Crippen LogP contribution in [0, 0.1) is 6.92 Å². The van der Waals surface area contributed by atoms with Crippen molar-refractivity contribution in [1.82, 2.24) is 4.98 Å². The topological polar surface area (TPSA) is 86.5 Å². The van der Waals surface area contributed by atoms with Crippen LogP contribution in [0.1, 0.15) is 44.0 Å². The Hall–Kier alpha value is -2.60. The lowest BCUT2D eigenvalue weighted by Crippen LogP contribution is -2.05. The van der Waals surface area contributed by atoms with Gasteiger partial charge in [0, 0.05) is 22.8 Å². The van der Waals surface area contributed by atoms with Gasteiger partial charge in [0.25, 0.3) is 0 Å². The van der Waals surface area contributed by atoms with Crippen molar-refractivity contribution in [3.05, 3.63) is 76.9 Å². The Kier molecular flexibility index (Phi) is 10.2. The first-order valence-corrected chi connectivity index (χ1v) is 10.3. The average molecular weight is 459 g/mol. The standard InChI is InChI=1S/C23H31BrN4O/c1-7-10-27-20(17(6)26)13-18(14-25)12-19-11-16(5)21(22(24)15(4)8-2)23(28-19)29-9-3/h7,10-11,13-14H,1,6,8-9,12,25-26H2,2-5H3/b18-14-,20-13+,22-15-,27-10-. The number of halogens is 1. The van der Waals surface area contributed by atoms with E-state index >= 15 is 0 Å². The third kappa shape index (κ3) is 7.06. The molecule has 1 rings (SSSR count). The van der Waals surface area contributed by atoms with Crippen LogP contribution in [0.2, 0.25) is 0 Å². The fourth-order valence-corrected chi connectivity index (χ4v) is 3.33. The molecule has 1 heterocycles. The van der Waals surface area contributed by atoms with Crippen molar-refractivity contribution in [2.45, 2.75) is 40.5 Å². The van der Waals surface area contributed by atoms with Crippen LogP contribution in [-0.4, -0.2) is 17.8 Å². The average Bonchev–Trinajstić information content (AvgIpc) is 2.68. The van der Waals surface area contributed by atoms with E-state index in [0.29, 0.717) is 30.3 Å². The molecular weight excluding hydrogens is 428 g/mol. The molecule has 1 aromatic heterocycles. The molecule has 0 saturated carbocycles. The zero-order chi connectivity index (χ0) is 22.0. The van der Waals surface area contributed by atoms with E-state index in [1.54, 1.807) is 18.4 Å². The van der Waals surface area contributed by atoms with Gasteiger partial charge in [-0.15, -0.1) is 0 Å². The number of hydrogen-bond donors (Lipinski definition) is 2. The summed E-state index contributed by atoms with van der Waals surface area (Å²) in [5.41, 5.74) is 17.5. The van der Waals surface area contributed by atoms with Crippen LogP contribution in [0.15, 0.2) is 65.1 Å². The summed E-state index contributed by atoms with van der Waals surface area (Å²) >= 11 is 3.72. The Balaban J connectivity index is 3.40. The molecule has 4 N–H and O–H groups in total. The maximum atomic E-state index is 5.85. The first kappa shape index (κ1) is 24.4. The van der Waals surface area contributed by atoms with E-state index in [0.717, 1.165) is 33.3 Å². The number of aliphatic imine (C=N–C) groups is 1. The summed E-state index contributed by atoms with van der Waals surface area (Å²) in [5, 5.41) is 0. The highest BCUT2D eigenvalue weighted by Gasteiger charge is 2.16. The predicted molar refractivity (Wildman–Crippen MR) is 128 cm³/mol. The van der Waals surface area contributed by atoms with Gasteiger partial charge in [0.2, 0.25) is 5.88 Å². The molecular formula is C23H31BrN4O. The molecule has 1 aromatic rings. The molecule has 5 nitrogen and oxygen atoms in total. The van der Waals surface area contributed by atoms with E-state index < -0.39 is 0 Å². The minimum absolute atomic E-state index is 0.348. The van der Waals surface area contributed by atoms with Crippen molar-refractivity contribution >= 4 is 26.6 Å². The second-order valence-electron chi connectivity index (χ2n) is 6.48. The third-order valence-electron chi connectivity index (χ3n) is 4.21. The molecule has 0 fully saturated rings. The van der Waals surface area contributed by atoms with Gasteiger partial charge in [0.1, 0.15) is 0 Å². The molecule has 0 aliphatic heterocycles. The summed E-state index contributed by atoms with van der Waals surface area (Å²) in [4.78, 5) is 8.98. The Morgan fingerprint density at radius 2 is 2.07 bits per heavy atom. The lowest BCUT2D eigenvalue weighted by Gasteiger charge is -2.16. The second-order valence-corrected chi connectivity index (χ2v) is 7.27. The number of pyridine rings is 1. The Morgan fingerprint density at radius 3 is 2.59 bits per heavy atom. The quantitative estimate of drug-likeness (QED) is 0.366. The molecule has 0 atom stereocenters. The molecule has 6 heteroatoms. The van der Waals surface area contributed by atoms with Crippen molar-refractivity contribution in [2.75, 3.05) is 6.61 Å². The highest BCUT2D eigenvalue weighted by atomic mass is 79.9. The van der Waals surface area contributed by atoms with E-state index in [4.69, 9.17) is 21.2 Å². The minimum atomic E-state index is 0.348. The number of hydrogen-bond acceptors (Lipinski definition) is 5. The van der Waals surface area contributed by atoms with Gasteiger partial charge in [-0.2, -0.15) is 0 Å². The number of rotatable bonds is 10. The van der Waals surface area contributed by atoms with Gasteiger partial charge < -0.3 is 16.2 Å². The third-order valence-corrected chi connectivity index (χ3v) is 5.28. The van der Waals surface area contributed by atoms with Crippen molar-refractivity contribution < 1.29 is 4.74 Å². The summed E-state index contributed by atoms with van der Waals surface area (Å²) in [6.45, 7) is 16.1. The van der Waals surface area contributed by atoms with Crippen LogP contribution >= 0.6 is 15.9 Å². The maximum Gasteiger partial charge on any atom is 0.222 e. The van der Waals surface area contributed by atoms with E-state index in [1.165, 1.54) is 11.8 Å². The molecule has 0 spiro atoms. The Bertz CT molecular complexity index is 879. The molecule has 0 amide bonds. The fourth-order valence-electron chi connectivity index (χ4n) is 2.57. The molecule has 0 unspecified atom stereocenters. The zero-order valence-electron chi connectivity index (χ0n) is 17.8. The lowest BCUT2D eigenvalue weighted by molar-refractivity contribution is 0.325. The molecule has 0 aromatic carbocycles. The number of aryl methyl sites for hydroxylation is 1. The van der Waals surface area contributed by atoms with Crippen LogP contribution < -0.4 is 16.2 Å². The zero-order valence-corrected chi connectivity index (χ0v) is 19.3. The van der Waals surface area contributed by atoms with Gasteiger partial charge in [0.15, 0.2) is 0 Å². The highest BCUT2D eigenvalue weighted by molar-refractivity contribution is 9.15. The summed E-state index contributed by atoms with van der Waals surface area (Å²) < 4.78 is 6.87. The number of ether oxygens (including phenoxy) is 1. The fraction of sp³-hybridized carbons (Fsp3) is 0.304. The SMILES string of the molecule is C=C\C=N/C(=C/C(=C\N)Cc1cc(C)c(/C(Br)=C(\C)CC)c(OCC)n1)C(=C)N. The van der Waals surface area contributed by atoms with E-state index in [9.17, 15) is 0 Å². The van der Waals surface area contributed by atoms with Gasteiger partial charge in [-0.05, 0) is 56.7 Å². The summed E-state index contributed by atoms with van der Waals surface area (Å²) in [7, 11) is 0. The number of aromatic nitrogens is 1. The van der Waals surface area contributed by atoms with Crippen molar-refractivity contribution in [2.24, 2.45) is 16.5 Å². The Morgan fingerprint density at radius 1 is 1.38 bits per heavy atom. The van der Waals surface area contributed by atoms with Crippen LogP contribution in [0.5, 0.6) is 5.88 Å². The predicted octanol–water partition coefficient (Wildman–Crippen LogP) is 5.32. The van der Waals surface area contributed by atoms with Gasteiger partial charge >= 0.3 is 0 Å². The normalized spacial score (nSPS) is 13.4. The van der Waals surface area contributed by atoms with Crippen LogP contribution in [-0.2, 0) is 6.42 Å². The minimum Gasteiger partial charge on any atom is -0.477 e. The number of nitrogens with two attached hydrogens (primary N) is 2. The lowest BCUT2D eigenvalue weighted by atomic mass is 10.0. The molecule has 0 aliphatic rings. The summed E-state index contributed by atoms with van der Waals surface area (Å²) in [5.74, 6) is 0.607. The van der Waals surface area contributed by atoms with E-state index in [1.807, 2.05) is 13.0 Å². The monoisotopic (exact) mass is 458 g/mol. The molecule has 0 bridgehead atoms. The molecule has 0 saturated heterocycles. The van der Waals surface area contributed by atoms with Crippen molar-refractivity contribution in [3.8, 4) is 5.88 Å². The number of nitrogens with zero attached hydrogens (tertiary/aromatic N) is 2. The van der Waals surface area contributed by atoms with Crippen molar-refractivity contribution in [1.29, 1.82) is 0 Å². The van der Waals surface area contributed by atoms with Gasteiger partial charge in [0.05, 0.1) is 23.6 Å². The van der Waals surface area contributed by atoms with Crippen LogP contribution in [0.25, 0.3) is 4.48 Å². The van der Waals surface area contributed by atoms with Gasteiger partial charge in [-0.25, -0.2) is 4.98 Å². The van der Waals surface area contributed by atoms with Gasteiger partial charge in [-0.3, -0.25) is 4.99 Å². The first-order valence-electron chi connectivity index (χ1n) is 9.50. The first-order chi connectivity index (χ1) is 13.8. The second kappa shape index (κ2) is 12.1. The molecule has 0 radical (unpaired) electrons. The molecule has 0 aliphatic carbocycles.